The Hall–Kier alpha value is -2.44. The van der Waals surface area contributed by atoms with Gasteiger partial charge in [-0.25, -0.2) is 14.8 Å². The van der Waals surface area contributed by atoms with E-state index in [1.807, 2.05) is 18.7 Å². The van der Waals surface area contributed by atoms with Crippen molar-refractivity contribution < 1.29 is 9.32 Å². The summed E-state index contributed by atoms with van der Waals surface area (Å²) >= 11 is 0. The maximum Gasteiger partial charge on any atom is 0.317 e. The van der Waals surface area contributed by atoms with Crippen LogP contribution in [0.3, 0.4) is 0 Å². The third-order valence-corrected chi connectivity index (χ3v) is 5.75. The van der Waals surface area contributed by atoms with Crippen LogP contribution >= 0.6 is 0 Å². The van der Waals surface area contributed by atoms with Crippen LogP contribution in [0.5, 0.6) is 0 Å². The molecule has 3 heterocycles. The number of aryl methyl sites for hydroxylation is 4. The first kappa shape index (κ1) is 17.9. The maximum atomic E-state index is 12.7. The predicted octanol–water partition coefficient (Wildman–Crippen LogP) is 2.97. The molecule has 1 atom stereocenters. The number of urea groups is 1. The van der Waals surface area contributed by atoms with Crippen LogP contribution in [0.25, 0.3) is 0 Å². The number of carbonyl (C=O) groups is 1. The summed E-state index contributed by atoms with van der Waals surface area (Å²) in [5, 5.41) is 7.09. The molecule has 1 fully saturated rings. The number of aromatic nitrogens is 3. The Labute approximate surface area is 159 Å². The van der Waals surface area contributed by atoms with Gasteiger partial charge >= 0.3 is 6.03 Å². The van der Waals surface area contributed by atoms with E-state index in [0.29, 0.717) is 13.0 Å². The number of hydrogen-bond acceptors (Lipinski definition) is 5. The predicted molar refractivity (Wildman–Crippen MR) is 101 cm³/mol. The number of carbonyl (C=O) groups excluding carboxylic acids is 1. The molecule has 4 rings (SSSR count). The summed E-state index contributed by atoms with van der Waals surface area (Å²) in [6, 6.07) is 0.0186. The molecular formula is C20H27N5O2. The minimum absolute atomic E-state index is 0.0321. The van der Waals surface area contributed by atoms with Crippen molar-refractivity contribution in [3.63, 3.8) is 0 Å². The molecule has 2 aromatic heterocycles. The van der Waals surface area contributed by atoms with E-state index in [1.165, 1.54) is 17.7 Å². The van der Waals surface area contributed by atoms with Crippen LogP contribution in [0, 0.1) is 20.8 Å². The molecule has 27 heavy (non-hydrogen) atoms. The molecule has 144 valence electrons. The molecule has 1 aliphatic carbocycles. The minimum Gasteiger partial charge on any atom is -0.361 e. The summed E-state index contributed by atoms with van der Waals surface area (Å²) in [5.41, 5.74) is 5.54. The van der Waals surface area contributed by atoms with Crippen LogP contribution in [0.2, 0.25) is 0 Å². The monoisotopic (exact) mass is 369 g/mol. The van der Waals surface area contributed by atoms with Gasteiger partial charge in [0.15, 0.2) is 0 Å². The molecule has 0 aromatic carbocycles. The number of nitrogens with zero attached hydrogens (tertiary/aromatic N) is 4. The third kappa shape index (κ3) is 3.42. The normalized spacial score (nSPS) is 18.8. The zero-order valence-electron chi connectivity index (χ0n) is 16.3. The fourth-order valence-electron chi connectivity index (χ4n) is 4.45. The molecule has 1 N–H and O–H groups in total. The van der Waals surface area contributed by atoms with Crippen molar-refractivity contribution in [2.75, 3.05) is 13.1 Å². The molecule has 0 radical (unpaired) electrons. The van der Waals surface area contributed by atoms with Gasteiger partial charge in [0, 0.05) is 36.5 Å². The van der Waals surface area contributed by atoms with E-state index >= 15 is 0 Å². The van der Waals surface area contributed by atoms with E-state index < -0.39 is 0 Å². The second-order valence-electron chi connectivity index (χ2n) is 7.58. The highest BCUT2D eigenvalue weighted by Gasteiger charge is 2.33. The van der Waals surface area contributed by atoms with E-state index in [1.54, 1.807) is 0 Å². The Morgan fingerprint density at radius 3 is 2.81 bits per heavy atom. The van der Waals surface area contributed by atoms with E-state index in [0.717, 1.165) is 60.8 Å². The topological polar surface area (TPSA) is 84.2 Å². The highest BCUT2D eigenvalue weighted by Crippen LogP contribution is 2.35. The molecular weight excluding hydrogens is 342 g/mol. The number of fused-ring (bicyclic) bond motifs is 1. The second kappa shape index (κ2) is 7.29. The van der Waals surface area contributed by atoms with Crippen molar-refractivity contribution in [2.45, 2.75) is 65.3 Å². The first-order valence-corrected chi connectivity index (χ1v) is 9.87. The highest BCUT2D eigenvalue weighted by molar-refractivity contribution is 5.75. The van der Waals surface area contributed by atoms with Crippen molar-refractivity contribution in [1.82, 2.24) is 25.3 Å². The largest absolute Gasteiger partial charge is 0.361 e. The Bertz CT molecular complexity index is 841. The first-order chi connectivity index (χ1) is 13.0. The summed E-state index contributed by atoms with van der Waals surface area (Å²) < 4.78 is 5.30. The highest BCUT2D eigenvalue weighted by atomic mass is 16.5. The van der Waals surface area contributed by atoms with E-state index in [-0.39, 0.29) is 12.1 Å². The van der Waals surface area contributed by atoms with E-state index in [4.69, 9.17) is 9.51 Å². The second-order valence-corrected chi connectivity index (χ2v) is 7.58. The molecule has 1 aliphatic heterocycles. The van der Waals surface area contributed by atoms with Gasteiger partial charge < -0.3 is 14.7 Å². The molecule has 0 unspecified atom stereocenters. The van der Waals surface area contributed by atoms with Crippen LogP contribution in [0.1, 0.15) is 65.1 Å². The van der Waals surface area contributed by atoms with Crippen molar-refractivity contribution in [2.24, 2.45) is 0 Å². The van der Waals surface area contributed by atoms with Crippen LogP contribution in [0.15, 0.2) is 4.52 Å². The Morgan fingerprint density at radius 2 is 2.04 bits per heavy atom. The summed E-state index contributed by atoms with van der Waals surface area (Å²) in [6.07, 6.45) is 5.91. The third-order valence-electron chi connectivity index (χ3n) is 5.75. The molecule has 1 saturated heterocycles. The van der Waals surface area contributed by atoms with Gasteiger partial charge in [0.05, 0.1) is 11.7 Å². The summed E-state index contributed by atoms with van der Waals surface area (Å²) in [7, 11) is 0. The van der Waals surface area contributed by atoms with Crippen molar-refractivity contribution >= 4 is 6.03 Å². The minimum atomic E-state index is -0.0321. The Balaban J connectivity index is 1.37. The Kier molecular flexibility index (Phi) is 4.85. The van der Waals surface area contributed by atoms with Gasteiger partial charge in [0.25, 0.3) is 0 Å². The SMILES string of the molecule is Cc1nc(CCNC(=O)N2CCC[C@@H]2c2c(C)noc2C)nc2c1CCC2. The lowest BCUT2D eigenvalue weighted by molar-refractivity contribution is 0.192. The summed E-state index contributed by atoms with van der Waals surface area (Å²) in [6.45, 7) is 7.22. The van der Waals surface area contributed by atoms with Crippen LogP contribution in [-0.2, 0) is 19.3 Å². The standard InChI is InChI=1S/C20H27N5O2/c1-12-15-6-4-7-16(15)23-18(22-12)9-10-21-20(26)25-11-5-8-17(25)19-13(2)24-27-14(19)3/h17H,4-11H2,1-3H3,(H,21,26)/t17-/m1/s1. The van der Waals surface area contributed by atoms with Gasteiger partial charge in [-0.05, 0) is 58.4 Å². The molecule has 2 aromatic rings. The smallest absolute Gasteiger partial charge is 0.317 e. The average Bonchev–Trinajstić information content (AvgIpc) is 3.35. The van der Waals surface area contributed by atoms with Crippen LogP contribution < -0.4 is 5.32 Å². The zero-order chi connectivity index (χ0) is 19.0. The lowest BCUT2D eigenvalue weighted by atomic mass is 10.0. The number of likely N-dealkylation sites (tertiary alicyclic amines) is 1. The molecule has 2 amide bonds. The fourth-order valence-corrected chi connectivity index (χ4v) is 4.45. The van der Waals surface area contributed by atoms with Gasteiger partial charge in [0.1, 0.15) is 11.6 Å². The molecule has 0 saturated carbocycles. The van der Waals surface area contributed by atoms with Gasteiger partial charge in [0.2, 0.25) is 0 Å². The lowest BCUT2D eigenvalue weighted by Gasteiger charge is -2.25. The van der Waals surface area contributed by atoms with Crippen molar-refractivity contribution in [3.8, 4) is 0 Å². The van der Waals surface area contributed by atoms with Crippen molar-refractivity contribution in [1.29, 1.82) is 0 Å². The average molecular weight is 369 g/mol. The summed E-state index contributed by atoms with van der Waals surface area (Å²) in [4.78, 5) is 24.0. The number of amides is 2. The van der Waals surface area contributed by atoms with Gasteiger partial charge in [-0.2, -0.15) is 0 Å². The van der Waals surface area contributed by atoms with Crippen LogP contribution in [-0.4, -0.2) is 39.1 Å². The lowest BCUT2D eigenvalue weighted by Crippen LogP contribution is -2.40. The Morgan fingerprint density at radius 1 is 1.19 bits per heavy atom. The number of nitrogens with one attached hydrogen (secondary N) is 1. The first-order valence-electron chi connectivity index (χ1n) is 9.87. The van der Waals surface area contributed by atoms with E-state index in [2.05, 4.69) is 22.4 Å². The number of rotatable bonds is 4. The molecule has 2 aliphatic rings. The fraction of sp³-hybridized carbons (Fsp3) is 0.600. The number of hydrogen-bond donors (Lipinski definition) is 1. The summed E-state index contributed by atoms with van der Waals surface area (Å²) in [5.74, 6) is 1.64. The molecule has 0 spiro atoms. The van der Waals surface area contributed by atoms with Gasteiger partial charge in [-0.3, -0.25) is 0 Å². The molecule has 0 bridgehead atoms. The van der Waals surface area contributed by atoms with Crippen molar-refractivity contribution in [3.05, 3.63) is 39.8 Å². The molecule has 7 nitrogen and oxygen atoms in total. The molecule has 7 heteroatoms. The van der Waals surface area contributed by atoms with Gasteiger partial charge in [-0.15, -0.1) is 0 Å². The van der Waals surface area contributed by atoms with Crippen LogP contribution in [0.4, 0.5) is 4.79 Å². The van der Waals surface area contributed by atoms with Gasteiger partial charge in [-0.1, -0.05) is 5.16 Å². The van der Waals surface area contributed by atoms with E-state index in [9.17, 15) is 4.79 Å². The quantitative estimate of drug-likeness (QED) is 0.896. The zero-order valence-corrected chi connectivity index (χ0v) is 16.3. The maximum absolute atomic E-state index is 12.7.